The Morgan fingerprint density at radius 2 is 2.00 bits per heavy atom. The topological polar surface area (TPSA) is 129 Å². The van der Waals surface area contributed by atoms with Crippen LogP contribution in [0.25, 0.3) is 10.8 Å². The van der Waals surface area contributed by atoms with Gasteiger partial charge in [0.05, 0.1) is 35.6 Å². The van der Waals surface area contributed by atoms with Crippen molar-refractivity contribution in [2.75, 3.05) is 24.6 Å². The molecule has 2 aromatic rings. The number of aromatic amines is 1. The summed E-state index contributed by atoms with van der Waals surface area (Å²) < 4.78 is 23.0. The van der Waals surface area contributed by atoms with Crippen LogP contribution in [0.3, 0.4) is 0 Å². The third-order valence-electron chi connectivity index (χ3n) is 4.76. The number of carbonyl (C=O) groups is 2. The lowest BCUT2D eigenvalue weighted by atomic mass is 10.1. The number of benzene rings is 1. The lowest BCUT2D eigenvalue weighted by Gasteiger charge is -2.21. The number of H-pyrrole nitrogens is 1. The number of carbonyl (C=O) groups excluding carboxylic acids is 2. The molecular weight excluding hydrogens is 384 g/mol. The Labute approximate surface area is 162 Å². The van der Waals surface area contributed by atoms with Crippen molar-refractivity contribution in [3.8, 4) is 0 Å². The second-order valence-corrected chi connectivity index (χ2v) is 9.03. The number of sulfone groups is 1. The first-order valence-corrected chi connectivity index (χ1v) is 10.8. The molecule has 0 spiro atoms. The molecule has 1 atom stereocenters. The van der Waals surface area contributed by atoms with Gasteiger partial charge in [-0.15, -0.1) is 0 Å². The van der Waals surface area contributed by atoms with Gasteiger partial charge in [-0.2, -0.15) is 5.10 Å². The van der Waals surface area contributed by atoms with Crippen LogP contribution in [0, 0.1) is 0 Å². The number of amides is 2. The first-order valence-electron chi connectivity index (χ1n) is 9.03. The molecule has 0 saturated carbocycles. The van der Waals surface area contributed by atoms with Crippen LogP contribution >= 0.6 is 0 Å². The molecule has 1 saturated heterocycles. The molecular formula is C18H22N4O5S. The molecule has 1 aliphatic heterocycles. The van der Waals surface area contributed by atoms with Crippen molar-refractivity contribution in [1.29, 1.82) is 0 Å². The van der Waals surface area contributed by atoms with Crippen LogP contribution < -0.4 is 10.9 Å². The molecule has 0 radical (unpaired) electrons. The molecule has 28 heavy (non-hydrogen) atoms. The van der Waals surface area contributed by atoms with Crippen molar-refractivity contribution in [2.24, 2.45) is 0 Å². The molecule has 10 heteroatoms. The van der Waals surface area contributed by atoms with E-state index in [2.05, 4.69) is 15.5 Å². The molecule has 2 amide bonds. The summed E-state index contributed by atoms with van der Waals surface area (Å²) in [7, 11) is -3.09. The lowest BCUT2D eigenvalue weighted by molar-refractivity contribution is -0.135. The van der Waals surface area contributed by atoms with Crippen LogP contribution in [-0.4, -0.2) is 66.0 Å². The normalized spacial score (nSPS) is 18.1. The summed E-state index contributed by atoms with van der Waals surface area (Å²) in [6.07, 6.45) is 0.331. The van der Waals surface area contributed by atoms with Gasteiger partial charge in [0.15, 0.2) is 9.84 Å². The maximum atomic E-state index is 12.7. The first-order chi connectivity index (χ1) is 13.3. The molecule has 1 fully saturated rings. The van der Waals surface area contributed by atoms with E-state index in [9.17, 15) is 22.8 Å². The van der Waals surface area contributed by atoms with Crippen molar-refractivity contribution < 1.29 is 18.0 Å². The maximum Gasteiger partial charge on any atom is 0.272 e. The van der Waals surface area contributed by atoms with E-state index in [1.54, 1.807) is 31.2 Å². The van der Waals surface area contributed by atoms with E-state index in [0.717, 1.165) is 0 Å². The Morgan fingerprint density at radius 3 is 2.64 bits per heavy atom. The standard InChI is InChI=1S/C18H22N4O5S/c1-2-22(10-16(23)19-12-7-8-28(26,27)11-12)17(24)9-15-13-5-3-4-6-14(13)18(25)21-20-15/h3-6,12H,2,7-11H2,1H3,(H,19,23)(H,21,25)/t12-/m1/s1. The van der Waals surface area contributed by atoms with Gasteiger partial charge in [-0.3, -0.25) is 14.4 Å². The minimum atomic E-state index is -3.09. The lowest BCUT2D eigenvalue weighted by Crippen LogP contribution is -2.45. The fraction of sp³-hybridized carbons (Fsp3) is 0.444. The molecule has 3 rings (SSSR count). The summed E-state index contributed by atoms with van der Waals surface area (Å²) in [6.45, 7) is 1.91. The number of rotatable bonds is 6. The smallest absolute Gasteiger partial charge is 0.272 e. The number of aromatic nitrogens is 2. The number of likely N-dealkylation sites (N-methyl/N-ethyl adjacent to an activating group) is 1. The van der Waals surface area contributed by atoms with Crippen molar-refractivity contribution in [2.45, 2.75) is 25.8 Å². The maximum absolute atomic E-state index is 12.7. The Kier molecular flexibility index (Phi) is 5.78. The van der Waals surface area contributed by atoms with Gasteiger partial charge in [0, 0.05) is 18.0 Å². The minimum Gasteiger partial charge on any atom is -0.351 e. The zero-order valence-corrected chi connectivity index (χ0v) is 16.3. The monoisotopic (exact) mass is 406 g/mol. The molecule has 9 nitrogen and oxygen atoms in total. The molecule has 2 heterocycles. The molecule has 0 bridgehead atoms. The zero-order chi connectivity index (χ0) is 20.3. The van der Waals surface area contributed by atoms with Crippen LogP contribution in [0.4, 0.5) is 0 Å². The van der Waals surface area contributed by atoms with E-state index in [4.69, 9.17) is 0 Å². The fourth-order valence-electron chi connectivity index (χ4n) is 3.29. The van der Waals surface area contributed by atoms with Gasteiger partial charge >= 0.3 is 0 Å². The second kappa shape index (κ2) is 8.09. The van der Waals surface area contributed by atoms with Crippen LogP contribution in [0.1, 0.15) is 19.0 Å². The molecule has 2 N–H and O–H groups in total. The van der Waals surface area contributed by atoms with Crippen LogP contribution in [0.15, 0.2) is 29.1 Å². The summed E-state index contributed by atoms with van der Waals surface area (Å²) in [5, 5.41) is 10.1. The van der Waals surface area contributed by atoms with Crippen molar-refractivity contribution in [3.63, 3.8) is 0 Å². The highest BCUT2D eigenvalue weighted by Gasteiger charge is 2.29. The Balaban J connectivity index is 1.66. The summed E-state index contributed by atoms with van der Waals surface area (Å²) >= 11 is 0. The highest BCUT2D eigenvalue weighted by Crippen LogP contribution is 2.14. The van der Waals surface area contributed by atoms with Crippen molar-refractivity contribution in [3.05, 3.63) is 40.3 Å². The molecule has 1 aromatic heterocycles. The van der Waals surface area contributed by atoms with E-state index in [0.29, 0.717) is 29.4 Å². The highest BCUT2D eigenvalue weighted by molar-refractivity contribution is 7.91. The highest BCUT2D eigenvalue weighted by atomic mass is 32.2. The predicted molar refractivity (Wildman–Crippen MR) is 104 cm³/mol. The van der Waals surface area contributed by atoms with Gasteiger partial charge in [0.1, 0.15) is 0 Å². The van der Waals surface area contributed by atoms with Gasteiger partial charge in [0.25, 0.3) is 5.56 Å². The number of hydrogen-bond acceptors (Lipinski definition) is 6. The molecule has 0 aliphatic carbocycles. The van der Waals surface area contributed by atoms with Gasteiger partial charge in [-0.25, -0.2) is 13.5 Å². The Bertz CT molecular complexity index is 1060. The molecule has 1 aliphatic rings. The van der Waals surface area contributed by atoms with E-state index in [1.807, 2.05) is 0 Å². The largest absolute Gasteiger partial charge is 0.351 e. The van der Waals surface area contributed by atoms with Crippen molar-refractivity contribution in [1.82, 2.24) is 20.4 Å². The number of fused-ring (bicyclic) bond motifs is 1. The molecule has 0 unspecified atom stereocenters. The zero-order valence-electron chi connectivity index (χ0n) is 15.5. The third-order valence-corrected chi connectivity index (χ3v) is 6.53. The SMILES string of the molecule is CCN(CC(=O)N[C@@H]1CCS(=O)(=O)C1)C(=O)Cc1n[nH]c(=O)c2ccccc12. The van der Waals surface area contributed by atoms with E-state index >= 15 is 0 Å². The number of nitrogens with zero attached hydrogens (tertiary/aromatic N) is 2. The average molecular weight is 406 g/mol. The third kappa shape index (κ3) is 4.56. The van der Waals surface area contributed by atoms with Gasteiger partial charge in [-0.1, -0.05) is 18.2 Å². The van der Waals surface area contributed by atoms with E-state index in [-0.39, 0.29) is 35.9 Å². The van der Waals surface area contributed by atoms with Crippen molar-refractivity contribution >= 4 is 32.4 Å². The predicted octanol–water partition coefficient (Wildman–Crippen LogP) is -0.383. The van der Waals surface area contributed by atoms with Gasteiger partial charge in [0.2, 0.25) is 11.8 Å². The second-order valence-electron chi connectivity index (χ2n) is 6.80. The number of nitrogens with one attached hydrogen (secondary N) is 2. The Morgan fingerprint density at radius 1 is 1.29 bits per heavy atom. The summed E-state index contributed by atoms with van der Waals surface area (Å²) in [4.78, 5) is 38.1. The van der Waals surface area contributed by atoms with E-state index in [1.165, 1.54) is 4.90 Å². The fourth-order valence-corrected chi connectivity index (χ4v) is 4.97. The van der Waals surface area contributed by atoms with Gasteiger partial charge in [-0.05, 0) is 19.4 Å². The van der Waals surface area contributed by atoms with Crippen LogP contribution in [0.5, 0.6) is 0 Å². The summed E-state index contributed by atoms with van der Waals surface area (Å²) in [5.41, 5.74) is 0.103. The Hall–Kier alpha value is -2.75. The molecule has 150 valence electrons. The minimum absolute atomic E-state index is 0.0593. The average Bonchev–Trinajstić information content (AvgIpc) is 3.00. The first kappa shape index (κ1) is 20.0. The quantitative estimate of drug-likeness (QED) is 0.673. The van der Waals surface area contributed by atoms with Gasteiger partial charge < -0.3 is 10.2 Å². The summed E-state index contributed by atoms with van der Waals surface area (Å²) in [5.74, 6) is -0.691. The number of hydrogen-bond donors (Lipinski definition) is 2. The van der Waals surface area contributed by atoms with Crippen LogP contribution in [-0.2, 0) is 25.8 Å². The summed E-state index contributed by atoms with van der Waals surface area (Å²) in [6, 6.07) is 6.47. The van der Waals surface area contributed by atoms with Crippen LogP contribution in [0.2, 0.25) is 0 Å². The van der Waals surface area contributed by atoms with E-state index < -0.39 is 21.8 Å². The molecule has 1 aromatic carbocycles.